The Morgan fingerprint density at radius 1 is 1.18 bits per heavy atom. The van der Waals surface area contributed by atoms with Crippen LogP contribution in [0.1, 0.15) is 6.92 Å². The van der Waals surface area contributed by atoms with Crippen LogP contribution in [0, 0.1) is 0 Å². The summed E-state index contributed by atoms with van der Waals surface area (Å²) < 4.78 is 0. The van der Waals surface area contributed by atoms with E-state index in [9.17, 15) is 4.79 Å². The second-order valence-electron chi connectivity index (χ2n) is 5.08. The Bertz CT molecular complexity index is 597. The molecule has 1 fully saturated rings. The van der Waals surface area contributed by atoms with Crippen LogP contribution in [0.4, 0.5) is 11.1 Å². The van der Waals surface area contributed by atoms with E-state index < -0.39 is 0 Å². The van der Waals surface area contributed by atoms with Gasteiger partial charge >= 0.3 is 0 Å². The first-order chi connectivity index (χ1) is 10.7. The number of hydrogen-bond acceptors (Lipinski definition) is 7. The number of nitrogens with zero attached hydrogens (tertiary/aromatic N) is 5. The Morgan fingerprint density at radius 2 is 1.91 bits per heavy atom. The van der Waals surface area contributed by atoms with E-state index >= 15 is 0 Å². The van der Waals surface area contributed by atoms with E-state index in [-0.39, 0.29) is 11.9 Å². The van der Waals surface area contributed by atoms with Gasteiger partial charge in [-0.2, -0.15) is 0 Å². The fourth-order valence-electron chi connectivity index (χ4n) is 2.42. The number of carbonyl (C=O) groups excluding carboxylic acids is 1. The number of nitrogens with one attached hydrogen (secondary N) is 1. The molecule has 0 bridgehead atoms. The lowest BCUT2D eigenvalue weighted by Gasteiger charge is -2.37. The Hall–Kier alpha value is -2.06. The summed E-state index contributed by atoms with van der Waals surface area (Å²) in [5.74, 6) is 0.273. The van der Waals surface area contributed by atoms with Crippen molar-refractivity contribution in [2.45, 2.75) is 13.0 Å². The van der Waals surface area contributed by atoms with E-state index in [2.05, 4.69) is 30.1 Å². The molecule has 1 N–H and O–H groups in total. The van der Waals surface area contributed by atoms with Gasteiger partial charge in [0.1, 0.15) is 0 Å². The summed E-state index contributed by atoms with van der Waals surface area (Å²) in [6, 6.07) is 1.51. The zero-order valence-corrected chi connectivity index (χ0v) is 13.2. The van der Waals surface area contributed by atoms with Crippen molar-refractivity contribution in [3.8, 4) is 0 Å². The van der Waals surface area contributed by atoms with Crippen LogP contribution in [0.25, 0.3) is 0 Å². The number of amides is 1. The lowest BCUT2D eigenvalue weighted by atomic mass is 10.2. The van der Waals surface area contributed by atoms with Gasteiger partial charge in [0, 0.05) is 50.1 Å². The molecule has 8 heteroatoms. The summed E-state index contributed by atoms with van der Waals surface area (Å²) in [6.45, 7) is 5.35. The van der Waals surface area contributed by atoms with Crippen molar-refractivity contribution in [2.24, 2.45) is 0 Å². The molecule has 3 heterocycles. The van der Waals surface area contributed by atoms with Crippen molar-refractivity contribution in [3.63, 3.8) is 0 Å². The van der Waals surface area contributed by atoms with Crippen LogP contribution in [0.15, 0.2) is 30.0 Å². The quantitative estimate of drug-likeness (QED) is 0.909. The predicted molar refractivity (Wildman–Crippen MR) is 86.0 cm³/mol. The molecule has 2 aromatic heterocycles. The smallest absolute Gasteiger partial charge is 0.243 e. The Labute approximate surface area is 133 Å². The Balaban J connectivity index is 1.53. The molecule has 1 aliphatic heterocycles. The second kappa shape index (κ2) is 6.80. The molecule has 1 amide bonds. The zero-order chi connectivity index (χ0) is 15.4. The molecule has 116 valence electrons. The third-order valence-corrected chi connectivity index (χ3v) is 4.56. The molecule has 7 nitrogen and oxygen atoms in total. The van der Waals surface area contributed by atoms with E-state index in [1.54, 1.807) is 29.8 Å². The van der Waals surface area contributed by atoms with Crippen molar-refractivity contribution < 1.29 is 4.79 Å². The minimum absolute atomic E-state index is 0.0751. The summed E-state index contributed by atoms with van der Waals surface area (Å²) >= 11 is 1.65. The highest BCUT2D eigenvalue weighted by Crippen LogP contribution is 2.19. The van der Waals surface area contributed by atoms with Crippen LogP contribution in [-0.4, -0.2) is 58.0 Å². The molecule has 1 aliphatic rings. The fourth-order valence-corrected chi connectivity index (χ4v) is 3.11. The molecule has 0 aliphatic carbocycles. The van der Waals surface area contributed by atoms with Crippen molar-refractivity contribution in [2.75, 3.05) is 36.4 Å². The second-order valence-corrected chi connectivity index (χ2v) is 5.95. The minimum Gasteiger partial charge on any atom is -0.346 e. The van der Waals surface area contributed by atoms with Crippen LogP contribution in [0.2, 0.25) is 0 Å². The first kappa shape index (κ1) is 14.9. The number of anilines is 2. The molecular formula is C14H18N6OS. The maximum absolute atomic E-state index is 12.3. The number of piperazine rings is 1. The van der Waals surface area contributed by atoms with E-state index in [1.165, 1.54) is 0 Å². The monoisotopic (exact) mass is 318 g/mol. The van der Waals surface area contributed by atoms with Crippen molar-refractivity contribution >= 4 is 28.3 Å². The minimum atomic E-state index is -0.206. The van der Waals surface area contributed by atoms with Gasteiger partial charge < -0.3 is 4.90 Å². The molecule has 0 unspecified atom stereocenters. The summed E-state index contributed by atoms with van der Waals surface area (Å²) in [5.41, 5.74) is 0. The van der Waals surface area contributed by atoms with Gasteiger partial charge in [0.2, 0.25) is 11.9 Å². The SMILES string of the molecule is C[C@H](C(=O)Nc1ncccn1)N1CCN(c2nccs2)CC1. The van der Waals surface area contributed by atoms with Gasteiger partial charge in [0.05, 0.1) is 6.04 Å². The third-order valence-electron chi connectivity index (χ3n) is 3.73. The fraction of sp³-hybridized carbons (Fsp3) is 0.429. The van der Waals surface area contributed by atoms with Crippen LogP contribution in [0.5, 0.6) is 0 Å². The average Bonchev–Trinajstić information content (AvgIpc) is 3.10. The van der Waals surface area contributed by atoms with Gasteiger partial charge in [-0.25, -0.2) is 15.0 Å². The standard InChI is InChI=1S/C14H18N6OS/c1-11(12(21)18-13-15-3-2-4-16-13)19-6-8-20(9-7-19)14-17-5-10-22-14/h2-5,10-11H,6-9H2,1H3,(H,15,16,18,21)/t11-/m1/s1. The van der Waals surface area contributed by atoms with Crippen LogP contribution in [0.3, 0.4) is 0 Å². The van der Waals surface area contributed by atoms with E-state index in [1.807, 2.05) is 18.5 Å². The number of hydrogen-bond donors (Lipinski definition) is 1. The maximum atomic E-state index is 12.3. The summed E-state index contributed by atoms with van der Waals surface area (Å²) in [6.07, 6.45) is 5.04. The molecule has 0 spiro atoms. The molecule has 1 saturated heterocycles. The molecule has 1 atom stereocenters. The molecule has 0 radical (unpaired) electrons. The average molecular weight is 318 g/mol. The number of aromatic nitrogens is 3. The summed E-state index contributed by atoms with van der Waals surface area (Å²) in [5, 5.41) is 5.79. The van der Waals surface area contributed by atoms with E-state index in [0.29, 0.717) is 5.95 Å². The van der Waals surface area contributed by atoms with E-state index in [0.717, 1.165) is 31.3 Å². The first-order valence-electron chi connectivity index (χ1n) is 7.20. The predicted octanol–water partition coefficient (Wildman–Crippen LogP) is 1.08. The molecular weight excluding hydrogens is 300 g/mol. The molecule has 22 heavy (non-hydrogen) atoms. The van der Waals surface area contributed by atoms with Crippen LogP contribution >= 0.6 is 11.3 Å². The summed E-state index contributed by atoms with van der Waals surface area (Å²) in [4.78, 5) is 29.1. The van der Waals surface area contributed by atoms with Crippen molar-refractivity contribution in [3.05, 3.63) is 30.0 Å². The highest BCUT2D eigenvalue weighted by atomic mass is 32.1. The van der Waals surface area contributed by atoms with Gasteiger partial charge in [-0.15, -0.1) is 11.3 Å². The zero-order valence-electron chi connectivity index (χ0n) is 12.3. The van der Waals surface area contributed by atoms with Crippen molar-refractivity contribution in [1.29, 1.82) is 0 Å². The first-order valence-corrected chi connectivity index (χ1v) is 8.08. The van der Waals surface area contributed by atoms with Gasteiger partial charge in [-0.05, 0) is 13.0 Å². The third kappa shape index (κ3) is 3.40. The Morgan fingerprint density at radius 3 is 2.55 bits per heavy atom. The van der Waals surface area contributed by atoms with E-state index in [4.69, 9.17) is 0 Å². The molecule has 0 saturated carbocycles. The van der Waals surface area contributed by atoms with Crippen molar-refractivity contribution in [1.82, 2.24) is 19.9 Å². The number of thiazole rings is 1. The summed E-state index contributed by atoms with van der Waals surface area (Å²) in [7, 11) is 0. The van der Waals surface area contributed by atoms with Gasteiger partial charge in [-0.3, -0.25) is 15.0 Å². The molecule has 2 aromatic rings. The van der Waals surface area contributed by atoms with Gasteiger partial charge in [0.25, 0.3) is 0 Å². The molecule has 0 aromatic carbocycles. The topological polar surface area (TPSA) is 74.2 Å². The lowest BCUT2D eigenvalue weighted by molar-refractivity contribution is -0.120. The highest BCUT2D eigenvalue weighted by Gasteiger charge is 2.26. The normalized spacial score (nSPS) is 17.2. The molecule has 3 rings (SSSR count). The van der Waals surface area contributed by atoms with Gasteiger partial charge in [-0.1, -0.05) is 0 Å². The maximum Gasteiger partial charge on any atom is 0.243 e. The van der Waals surface area contributed by atoms with Crippen LogP contribution in [-0.2, 0) is 4.79 Å². The highest BCUT2D eigenvalue weighted by molar-refractivity contribution is 7.13. The Kier molecular flexibility index (Phi) is 4.59. The van der Waals surface area contributed by atoms with Crippen LogP contribution < -0.4 is 10.2 Å². The number of rotatable bonds is 4. The largest absolute Gasteiger partial charge is 0.346 e. The lowest BCUT2D eigenvalue weighted by Crippen LogP contribution is -2.52. The number of carbonyl (C=O) groups is 1. The van der Waals surface area contributed by atoms with Gasteiger partial charge in [0.15, 0.2) is 5.13 Å².